The molecule has 0 fully saturated rings. The van der Waals surface area contributed by atoms with Gasteiger partial charge in [0.2, 0.25) is 0 Å². The average Bonchev–Trinajstić information content (AvgIpc) is 2.80. The third-order valence-electron chi connectivity index (χ3n) is 6.90. The number of fused-ring (bicyclic) bond motifs is 1. The summed E-state index contributed by atoms with van der Waals surface area (Å²) in [4.78, 5) is 13.1. The first kappa shape index (κ1) is 21.8. The topological polar surface area (TPSA) is 76.0 Å². The molecule has 2 aromatic carbocycles. The van der Waals surface area contributed by atoms with Crippen molar-refractivity contribution in [2.75, 3.05) is 13.7 Å². The molecule has 2 bridgehead atoms. The van der Waals surface area contributed by atoms with E-state index in [0.29, 0.717) is 34.6 Å². The molecule has 0 amide bonds. The molecule has 0 radical (unpaired) electrons. The van der Waals surface area contributed by atoms with Crippen LogP contribution in [0.5, 0.6) is 5.75 Å². The van der Waals surface area contributed by atoms with Gasteiger partial charge in [-0.1, -0.05) is 69.4 Å². The van der Waals surface area contributed by atoms with Crippen molar-refractivity contribution in [1.82, 2.24) is 0 Å². The van der Waals surface area contributed by atoms with E-state index in [1.54, 1.807) is 31.4 Å². The highest BCUT2D eigenvalue weighted by Crippen LogP contribution is 2.60. The minimum Gasteiger partial charge on any atom is -0.497 e. The molecule has 0 heterocycles. The van der Waals surface area contributed by atoms with Crippen molar-refractivity contribution < 1.29 is 24.5 Å². The van der Waals surface area contributed by atoms with Gasteiger partial charge in [0, 0.05) is 6.42 Å². The highest BCUT2D eigenvalue weighted by molar-refractivity contribution is 5.79. The second-order valence-corrected chi connectivity index (χ2v) is 8.78. The normalized spacial score (nSPS) is 25.6. The fourth-order valence-electron chi connectivity index (χ4n) is 5.24. The second kappa shape index (κ2) is 8.64. The van der Waals surface area contributed by atoms with Crippen LogP contribution < -0.4 is 4.74 Å². The number of hydrogen-bond acceptors (Lipinski definition) is 5. The van der Waals surface area contributed by atoms with E-state index < -0.39 is 23.1 Å². The summed E-state index contributed by atoms with van der Waals surface area (Å²) in [5, 5.41) is 23.8. The Bertz CT molecular complexity index is 955. The molecule has 2 aromatic rings. The van der Waals surface area contributed by atoms with Gasteiger partial charge in [-0.25, -0.2) is 0 Å². The highest BCUT2D eigenvalue weighted by atomic mass is 16.5. The zero-order valence-electron chi connectivity index (χ0n) is 18.4. The van der Waals surface area contributed by atoms with Crippen LogP contribution in [0.25, 0.3) is 0 Å². The molecule has 0 aliphatic heterocycles. The Morgan fingerprint density at radius 2 is 1.65 bits per heavy atom. The third-order valence-corrected chi connectivity index (χ3v) is 6.90. The van der Waals surface area contributed by atoms with E-state index in [1.165, 1.54) is 19.3 Å². The first-order valence-electron chi connectivity index (χ1n) is 11.4. The highest BCUT2D eigenvalue weighted by Gasteiger charge is 2.62. The number of hydrogen-bond donors (Lipinski definition) is 2. The molecule has 5 rings (SSSR count). The van der Waals surface area contributed by atoms with Crippen molar-refractivity contribution in [3.63, 3.8) is 0 Å². The molecule has 0 saturated heterocycles. The summed E-state index contributed by atoms with van der Waals surface area (Å²) in [6.45, 7) is 2.53. The molecule has 3 aliphatic carbocycles. The quantitative estimate of drug-likeness (QED) is 0.461. The lowest BCUT2D eigenvalue weighted by molar-refractivity contribution is -0.167. The maximum Gasteiger partial charge on any atom is 0.312 e. The summed E-state index contributed by atoms with van der Waals surface area (Å²) in [6.07, 6.45) is 6.70. The Hall–Kier alpha value is -2.37. The smallest absolute Gasteiger partial charge is 0.312 e. The van der Waals surface area contributed by atoms with Crippen LogP contribution in [0.3, 0.4) is 0 Å². The largest absolute Gasteiger partial charge is 0.497 e. The summed E-state index contributed by atoms with van der Waals surface area (Å²) >= 11 is 0. The number of ether oxygens (including phenoxy) is 2. The number of benzene rings is 2. The Balaban J connectivity index is 1.60. The Labute approximate surface area is 184 Å². The number of rotatable bonds is 9. The fourth-order valence-corrected chi connectivity index (χ4v) is 5.24. The summed E-state index contributed by atoms with van der Waals surface area (Å²) in [6, 6.07) is 12.5. The van der Waals surface area contributed by atoms with Crippen LogP contribution in [0, 0.1) is 5.92 Å². The molecule has 0 saturated carbocycles. The van der Waals surface area contributed by atoms with Gasteiger partial charge in [-0.3, -0.25) is 4.79 Å². The van der Waals surface area contributed by atoms with Gasteiger partial charge in [0.1, 0.15) is 17.0 Å². The van der Waals surface area contributed by atoms with Gasteiger partial charge in [-0.05, 0) is 40.8 Å². The summed E-state index contributed by atoms with van der Waals surface area (Å²) in [7, 11) is 1.57. The maximum absolute atomic E-state index is 13.1. The van der Waals surface area contributed by atoms with Crippen LogP contribution >= 0.6 is 0 Å². The van der Waals surface area contributed by atoms with Crippen LogP contribution in [0.15, 0.2) is 42.5 Å². The lowest BCUT2D eigenvalue weighted by atomic mass is 9.54. The second-order valence-electron chi connectivity index (χ2n) is 8.78. The molecule has 166 valence electrons. The predicted molar refractivity (Wildman–Crippen MR) is 118 cm³/mol. The molecule has 5 heteroatoms. The molecule has 0 spiro atoms. The van der Waals surface area contributed by atoms with Crippen LogP contribution in [-0.4, -0.2) is 29.9 Å². The Morgan fingerprint density at radius 1 is 0.968 bits per heavy atom. The first-order valence-corrected chi connectivity index (χ1v) is 11.4. The molecule has 0 aromatic heterocycles. The standard InChI is InChI=1S/C26H32O5/c1-3-4-5-6-7-10-15-31-24(27)23-17-25(28)19-11-8-9-12-20(19)26(23,29)21-14-13-18(30-2)16-22(21)25/h8-9,11-14,16,23,28-29H,3-7,10,15,17H2,1-2H3. The summed E-state index contributed by atoms with van der Waals surface area (Å²) < 4.78 is 10.9. The zero-order valence-corrected chi connectivity index (χ0v) is 18.4. The van der Waals surface area contributed by atoms with Gasteiger partial charge >= 0.3 is 5.97 Å². The van der Waals surface area contributed by atoms with E-state index in [-0.39, 0.29) is 6.42 Å². The minimum absolute atomic E-state index is 0.0794. The number of carbonyl (C=O) groups excluding carboxylic acids is 1. The zero-order chi connectivity index (χ0) is 22.1. The molecule has 2 N–H and O–H groups in total. The lowest BCUT2D eigenvalue weighted by Gasteiger charge is -2.53. The summed E-state index contributed by atoms with van der Waals surface area (Å²) in [5.74, 6) is -0.721. The van der Waals surface area contributed by atoms with Crippen LogP contribution in [0.2, 0.25) is 0 Å². The fraction of sp³-hybridized carbons (Fsp3) is 0.500. The van der Waals surface area contributed by atoms with E-state index in [1.807, 2.05) is 18.2 Å². The number of methoxy groups -OCH3 is 1. The van der Waals surface area contributed by atoms with Crippen molar-refractivity contribution in [1.29, 1.82) is 0 Å². The molecular formula is C26H32O5. The van der Waals surface area contributed by atoms with Gasteiger partial charge in [0.05, 0.1) is 19.6 Å². The Morgan fingerprint density at radius 3 is 2.39 bits per heavy atom. The average molecular weight is 425 g/mol. The summed E-state index contributed by atoms with van der Waals surface area (Å²) in [5.41, 5.74) is -0.577. The monoisotopic (exact) mass is 424 g/mol. The van der Waals surface area contributed by atoms with E-state index in [9.17, 15) is 15.0 Å². The molecule has 3 aliphatic rings. The van der Waals surface area contributed by atoms with Gasteiger partial charge in [-0.2, -0.15) is 0 Å². The van der Waals surface area contributed by atoms with Crippen LogP contribution in [0.1, 0.15) is 74.1 Å². The number of esters is 1. The molecule has 31 heavy (non-hydrogen) atoms. The molecule has 3 atom stereocenters. The van der Waals surface area contributed by atoms with Gasteiger partial charge in [0.25, 0.3) is 0 Å². The van der Waals surface area contributed by atoms with Gasteiger partial charge in [-0.15, -0.1) is 0 Å². The molecular weight excluding hydrogens is 392 g/mol. The number of carbonyl (C=O) groups is 1. The maximum atomic E-state index is 13.1. The molecule has 5 nitrogen and oxygen atoms in total. The first-order chi connectivity index (χ1) is 15.0. The van der Waals surface area contributed by atoms with Crippen molar-refractivity contribution in [3.05, 3.63) is 64.7 Å². The minimum atomic E-state index is -1.54. The van der Waals surface area contributed by atoms with E-state index in [0.717, 1.165) is 19.3 Å². The van der Waals surface area contributed by atoms with E-state index in [4.69, 9.17) is 9.47 Å². The van der Waals surface area contributed by atoms with Crippen LogP contribution in [0.4, 0.5) is 0 Å². The van der Waals surface area contributed by atoms with E-state index >= 15 is 0 Å². The van der Waals surface area contributed by atoms with Crippen molar-refractivity contribution in [2.45, 2.75) is 63.1 Å². The van der Waals surface area contributed by atoms with Crippen molar-refractivity contribution in [3.8, 4) is 5.75 Å². The van der Waals surface area contributed by atoms with Crippen molar-refractivity contribution >= 4 is 5.97 Å². The Kier molecular flexibility index (Phi) is 6.09. The van der Waals surface area contributed by atoms with Gasteiger partial charge in [0.15, 0.2) is 0 Å². The third kappa shape index (κ3) is 3.54. The predicted octanol–water partition coefficient (Wildman–Crippen LogP) is 4.40. The van der Waals surface area contributed by atoms with Crippen LogP contribution in [-0.2, 0) is 20.7 Å². The SMILES string of the molecule is CCCCCCCCOC(=O)C1CC2(O)c3ccccc3C1(O)c1ccc(OC)cc12. The number of aliphatic hydroxyl groups is 2. The number of unbranched alkanes of at least 4 members (excludes halogenated alkanes) is 5. The lowest BCUT2D eigenvalue weighted by Crippen LogP contribution is -2.57. The van der Waals surface area contributed by atoms with Gasteiger partial charge < -0.3 is 19.7 Å². The van der Waals surface area contributed by atoms with Crippen molar-refractivity contribution in [2.24, 2.45) is 5.92 Å². The molecule has 3 unspecified atom stereocenters. The van der Waals surface area contributed by atoms with E-state index in [2.05, 4.69) is 6.92 Å².